The van der Waals surface area contributed by atoms with Crippen LogP contribution >= 0.6 is 0 Å². The molecule has 7 heteroatoms. The molecule has 2 aromatic heterocycles. The van der Waals surface area contributed by atoms with Gasteiger partial charge in [0.05, 0.1) is 0 Å². The lowest BCUT2D eigenvalue weighted by atomic mass is 10.2. The molecule has 138 valence electrons. The van der Waals surface area contributed by atoms with Crippen LogP contribution in [0.15, 0.2) is 60.0 Å². The number of amides is 2. The predicted octanol–water partition coefficient (Wildman–Crippen LogP) is 2.20. The Bertz CT molecular complexity index is 1000. The van der Waals surface area contributed by atoms with Gasteiger partial charge in [0.1, 0.15) is 5.69 Å². The number of imidazole rings is 1. The molecule has 0 saturated carbocycles. The topological polar surface area (TPSA) is 57.9 Å². The van der Waals surface area contributed by atoms with Crippen molar-refractivity contribution in [2.45, 2.75) is 6.92 Å². The summed E-state index contributed by atoms with van der Waals surface area (Å²) in [5, 5.41) is 0. The van der Waals surface area contributed by atoms with Gasteiger partial charge in [-0.15, -0.1) is 0 Å². The number of aromatic nitrogens is 2. The Morgan fingerprint density at radius 2 is 1.81 bits per heavy atom. The van der Waals surface area contributed by atoms with E-state index >= 15 is 0 Å². The standard InChI is InChI=1S/C20H19FN4O2/c1-2-3-4-7-18(26)24-9-14-11-25(12-15(14)10-24)20(27)17-13-23-8-5-6-16(21)19(23)22-17/h2-8,13H,9-12H2,1H3/b3-2+,7-4+. The highest BCUT2D eigenvalue weighted by Crippen LogP contribution is 2.27. The van der Waals surface area contributed by atoms with Crippen LogP contribution in [0.2, 0.25) is 0 Å². The fraction of sp³-hybridized carbons (Fsp3) is 0.250. The zero-order chi connectivity index (χ0) is 19.0. The number of halogens is 1. The molecule has 4 heterocycles. The molecule has 0 aromatic carbocycles. The molecule has 0 unspecified atom stereocenters. The van der Waals surface area contributed by atoms with Gasteiger partial charge in [-0.25, -0.2) is 9.37 Å². The van der Waals surface area contributed by atoms with Crippen LogP contribution < -0.4 is 0 Å². The van der Waals surface area contributed by atoms with Crippen LogP contribution in [0.5, 0.6) is 0 Å². The first-order chi connectivity index (χ1) is 13.1. The summed E-state index contributed by atoms with van der Waals surface area (Å²) in [6, 6.07) is 2.89. The Labute approximate surface area is 155 Å². The molecule has 0 atom stereocenters. The van der Waals surface area contributed by atoms with E-state index in [2.05, 4.69) is 4.98 Å². The smallest absolute Gasteiger partial charge is 0.274 e. The number of rotatable bonds is 3. The molecule has 0 saturated heterocycles. The molecule has 6 nitrogen and oxygen atoms in total. The summed E-state index contributed by atoms with van der Waals surface area (Å²) >= 11 is 0. The second-order valence-corrected chi connectivity index (χ2v) is 6.66. The summed E-state index contributed by atoms with van der Waals surface area (Å²) < 4.78 is 15.3. The highest BCUT2D eigenvalue weighted by atomic mass is 19.1. The van der Waals surface area contributed by atoms with Gasteiger partial charge < -0.3 is 14.2 Å². The van der Waals surface area contributed by atoms with Crippen LogP contribution in [0, 0.1) is 5.82 Å². The van der Waals surface area contributed by atoms with E-state index in [1.807, 2.05) is 19.1 Å². The average molecular weight is 366 g/mol. The van der Waals surface area contributed by atoms with E-state index < -0.39 is 5.82 Å². The second kappa shape index (κ2) is 6.83. The van der Waals surface area contributed by atoms with Gasteiger partial charge in [0, 0.05) is 44.6 Å². The first kappa shape index (κ1) is 17.2. The lowest BCUT2D eigenvalue weighted by Gasteiger charge is -2.21. The van der Waals surface area contributed by atoms with Crippen LogP contribution in [-0.4, -0.2) is 57.2 Å². The molecule has 0 fully saturated rings. The monoisotopic (exact) mass is 366 g/mol. The van der Waals surface area contributed by atoms with E-state index in [0.717, 1.165) is 11.1 Å². The average Bonchev–Trinajstić information content (AvgIpc) is 3.34. The molecule has 2 aliphatic rings. The van der Waals surface area contributed by atoms with Crippen molar-refractivity contribution in [3.8, 4) is 0 Å². The second-order valence-electron chi connectivity index (χ2n) is 6.66. The van der Waals surface area contributed by atoms with Crippen LogP contribution in [0.1, 0.15) is 17.4 Å². The number of fused-ring (bicyclic) bond motifs is 1. The fourth-order valence-electron chi connectivity index (χ4n) is 3.48. The van der Waals surface area contributed by atoms with Crippen molar-refractivity contribution >= 4 is 17.5 Å². The quantitative estimate of drug-likeness (QED) is 0.475. The van der Waals surface area contributed by atoms with Gasteiger partial charge in [0.15, 0.2) is 11.5 Å². The first-order valence-electron chi connectivity index (χ1n) is 8.77. The van der Waals surface area contributed by atoms with Crippen molar-refractivity contribution in [1.82, 2.24) is 19.2 Å². The van der Waals surface area contributed by atoms with Crippen molar-refractivity contribution in [2.75, 3.05) is 26.2 Å². The van der Waals surface area contributed by atoms with Crippen molar-refractivity contribution in [2.24, 2.45) is 0 Å². The minimum Gasteiger partial charge on any atom is -0.331 e. The van der Waals surface area contributed by atoms with Crippen molar-refractivity contribution < 1.29 is 14.0 Å². The summed E-state index contributed by atoms with van der Waals surface area (Å²) in [5.74, 6) is -0.715. The summed E-state index contributed by atoms with van der Waals surface area (Å²) in [4.78, 5) is 32.5. The normalized spacial score (nSPS) is 17.1. The maximum absolute atomic E-state index is 13.8. The third-order valence-corrected chi connectivity index (χ3v) is 4.82. The van der Waals surface area contributed by atoms with Crippen molar-refractivity contribution in [3.63, 3.8) is 0 Å². The molecule has 27 heavy (non-hydrogen) atoms. The van der Waals surface area contributed by atoms with Gasteiger partial charge in [-0.05, 0) is 30.2 Å². The molecular formula is C20H19FN4O2. The SMILES string of the molecule is C/C=C/C=C/C(=O)N1CC2=C(C1)CN(C(=O)c1cn3cccc(F)c3n1)C2. The lowest BCUT2D eigenvalue weighted by molar-refractivity contribution is -0.124. The van der Waals surface area contributed by atoms with E-state index in [1.165, 1.54) is 10.5 Å². The van der Waals surface area contributed by atoms with E-state index in [1.54, 1.807) is 40.4 Å². The summed E-state index contributed by atoms with van der Waals surface area (Å²) in [6.07, 6.45) is 10.2. The molecular weight excluding hydrogens is 347 g/mol. The van der Waals surface area contributed by atoms with Gasteiger partial charge in [0.2, 0.25) is 5.91 Å². The zero-order valence-corrected chi connectivity index (χ0v) is 14.9. The molecule has 2 aliphatic heterocycles. The summed E-state index contributed by atoms with van der Waals surface area (Å²) in [6.45, 7) is 3.93. The number of carbonyl (C=O) groups is 2. The third-order valence-electron chi connectivity index (χ3n) is 4.82. The number of hydrogen-bond acceptors (Lipinski definition) is 3. The van der Waals surface area contributed by atoms with Gasteiger partial charge in [-0.2, -0.15) is 0 Å². The molecule has 0 bridgehead atoms. The molecule has 0 N–H and O–H groups in total. The minimum atomic E-state index is -0.460. The lowest BCUT2D eigenvalue weighted by Crippen LogP contribution is -2.36. The van der Waals surface area contributed by atoms with E-state index in [0.29, 0.717) is 26.2 Å². The predicted molar refractivity (Wildman–Crippen MR) is 98.6 cm³/mol. The number of pyridine rings is 1. The molecule has 0 radical (unpaired) electrons. The van der Waals surface area contributed by atoms with Gasteiger partial charge in [-0.3, -0.25) is 9.59 Å². The Kier molecular flexibility index (Phi) is 4.35. The molecule has 0 aliphatic carbocycles. The molecule has 2 aromatic rings. The van der Waals surface area contributed by atoms with E-state index in [9.17, 15) is 14.0 Å². The Morgan fingerprint density at radius 3 is 2.48 bits per heavy atom. The summed E-state index contributed by atoms with van der Waals surface area (Å²) in [5.41, 5.74) is 2.57. The first-order valence-corrected chi connectivity index (χ1v) is 8.77. The molecule has 4 rings (SSSR count). The zero-order valence-electron chi connectivity index (χ0n) is 14.9. The highest BCUT2D eigenvalue weighted by Gasteiger charge is 2.34. The van der Waals surface area contributed by atoms with E-state index in [4.69, 9.17) is 0 Å². The van der Waals surface area contributed by atoms with Gasteiger partial charge >= 0.3 is 0 Å². The van der Waals surface area contributed by atoms with Gasteiger partial charge in [0.25, 0.3) is 5.91 Å². The minimum absolute atomic E-state index is 0.0313. The van der Waals surface area contributed by atoms with Gasteiger partial charge in [-0.1, -0.05) is 18.2 Å². The fourth-order valence-corrected chi connectivity index (χ4v) is 3.48. The third kappa shape index (κ3) is 3.16. The van der Waals surface area contributed by atoms with Crippen LogP contribution in [0.4, 0.5) is 4.39 Å². The molecule has 0 spiro atoms. The largest absolute Gasteiger partial charge is 0.331 e. The maximum Gasteiger partial charge on any atom is 0.274 e. The molecule has 2 amide bonds. The Hall–Kier alpha value is -3.22. The Balaban J connectivity index is 1.42. The summed E-state index contributed by atoms with van der Waals surface area (Å²) in [7, 11) is 0. The number of allylic oxidation sites excluding steroid dienone is 3. The van der Waals surface area contributed by atoms with E-state index in [-0.39, 0.29) is 23.2 Å². The number of nitrogens with zero attached hydrogens (tertiary/aromatic N) is 4. The van der Waals surface area contributed by atoms with Crippen LogP contribution in [-0.2, 0) is 4.79 Å². The van der Waals surface area contributed by atoms with Crippen LogP contribution in [0.25, 0.3) is 5.65 Å². The highest BCUT2D eigenvalue weighted by molar-refractivity contribution is 5.94. The van der Waals surface area contributed by atoms with Crippen molar-refractivity contribution in [1.29, 1.82) is 0 Å². The Morgan fingerprint density at radius 1 is 1.11 bits per heavy atom. The number of hydrogen-bond donors (Lipinski definition) is 0. The maximum atomic E-state index is 13.8. The van der Waals surface area contributed by atoms with Crippen molar-refractivity contribution in [3.05, 3.63) is 71.5 Å². The van der Waals surface area contributed by atoms with Crippen LogP contribution in [0.3, 0.4) is 0 Å². The number of carbonyl (C=O) groups excluding carboxylic acids is 2.